The van der Waals surface area contributed by atoms with Gasteiger partial charge < -0.3 is 14.8 Å². The molecule has 0 aliphatic rings. The van der Waals surface area contributed by atoms with Crippen LogP contribution in [0, 0.1) is 17.0 Å². The van der Waals surface area contributed by atoms with E-state index in [1.807, 2.05) is 0 Å². The van der Waals surface area contributed by atoms with Crippen LogP contribution in [0.5, 0.6) is 5.75 Å². The maximum absolute atomic E-state index is 12.7. The van der Waals surface area contributed by atoms with Crippen molar-refractivity contribution in [1.29, 1.82) is 0 Å². The van der Waals surface area contributed by atoms with Crippen molar-refractivity contribution >= 4 is 23.3 Å². The molecule has 0 aliphatic heterocycles. The van der Waals surface area contributed by atoms with E-state index < -0.39 is 16.8 Å². The van der Waals surface area contributed by atoms with Gasteiger partial charge in [0.2, 0.25) is 0 Å². The fourth-order valence-electron chi connectivity index (χ4n) is 2.95. The molecule has 31 heavy (non-hydrogen) atoms. The van der Waals surface area contributed by atoms with E-state index in [9.17, 15) is 19.7 Å². The van der Waals surface area contributed by atoms with E-state index in [4.69, 9.17) is 9.47 Å². The summed E-state index contributed by atoms with van der Waals surface area (Å²) in [4.78, 5) is 35.0. The summed E-state index contributed by atoms with van der Waals surface area (Å²) in [5, 5.41) is 17.6. The third-order valence-corrected chi connectivity index (χ3v) is 4.53. The number of carbonyl (C=O) groups is 2. The number of aromatic nitrogens is 2. The monoisotopic (exact) mass is 424 g/mol. The van der Waals surface area contributed by atoms with Crippen LogP contribution >= 0.6 is 0 Å². The molecule has 160 valence electrons. The molecule has 1 N–H and O–H groups in total. The molecule has 0 spiro atoms. The smallest absolute Gasteiger partial charge is 0.358 e. The van der Waals surface area contributed by atoms with Gasteiger partial charge in [-0.25, -0.2) is 4.79 Å². The highest BCUT2D eigenvalue weighted by molar-refractivity contribution is 6.07. The number of nitrogens with one attached hydrogen (secondary N) is 1. The highest BCUT2D eigenvalue weighted by atomic mass is 16.6. The lowest BCUT2D eigenvalue weighted by Crippen LogP contribution is -2.16. The Morgan fingerprint density at radius 3 is 2.68 bits per heavy atom. The molecule has 1 amide bonds. The van der Waals surface area contributed by atoms with Crippen LogP contribution in [0.1, 0.15) is 32.0 Å². The van der Waals surface area contributed by atoms with Gasteiger partial charge >= 0.3 is 5.97 Å². The number of carbonyl (C=O) groups excluding carboxylic acids is 2. The van der Waals surface area contributed by atoms with Gasteiger partial charge in [-0.05, 0) is 36.8 Å². The summed E-state index contributed by atoms with van der Waals surface area (Å²) in [6.45, 7) is 1.80. The number of benzene rings is 2. The Hall–Kier alpha value is -4.21. The van der Waals surface area contributed by atoms with Crippen molar-refractivity contribution in [2.75, 3.05) is 12.4 Å². The number of amides is 1. The lowest BCUT2D eigenvalue weighted by Gasteiger charge is -2.09. The predicted molar refractivity (Wildman–Crippen MR) is 111 cm³/mol. The number of nitro groups is 1. The summed E-state index contributed by atoms with van der Waals surface area (Å²) < 4.78 is 11.7. The molecular weight excluding hydrogens is 404 g/mol. The zero-order valence-electron chi connectivity index (χ0n) is 17.1. The summed E-state index contributed by atoms with van der Waals surface area (Å²) in [5.74, 6) is -0.557. The minimum atomic E-state index is -0.615. The minimum absolute atomic E-state index is 0.0211. The topological polar surface area (TPSA) is 126 Å². The first-order valence-corrected chi connectivity index (χ1v) is 9.18. The predicted octanol–water partition coefficient (Wildman–Crippen LogP) is 3.25. The lowest BCUT2D eigenvalue weighted by molar-refractivity contribution is -0.385. The van der Waals surface area contributed by atoms with Crippen molar-refractivity contribution in [3.63, 3.8) is 0 Å². The van der Waals surface area contributed by atoms with E-state index in [1.165, 1.54) is 30.1 Å². The van der Waals surface area contributed by atoms with Crippen molar-refractivity contribution < 1.29 is 24.0 Å². The highest BCUT2D eigenvalue weighted by Gasteiger charge is 2.20. The second-order valence-electron chi connectivity index (χ2n) is 6.67. The number of nitrogens with zero attached hydrogens (tertiary/aromatic N) is 3. The third-order valence-electron chi connectivity index (χ3n) is 4.53. The molecule has 0 unspecified atom stereocenters. The molecular formula is C21H20N4O6. The number of nitro benzene ring substituents is 1. The van der Waals surface area contributed by atoms with Crippen molar-refractivity contribution in [2.45, 2.75) is 13.5 Å². The number of hydrogen-bond acceptors (Lipinski definition) is 7. The van der Waals surface area contributed by atoms with Gasteiger partial charge in [-0.15, -0.1) is 0 Å². The van der Waals surface area contributed by atoms with Crippen LogP contribution in [0.2, 0.25) is 0 Å². The number of aryl methyl sites for hydroxylation is 2. The fraction of sp³-hybridized carbons (Fsp3) is 0.190. The Labute approximate surface area is 177 Å². The normalized spacial score (nSPS) is 10.4. The summed E-state index contributed by atoms with van der Waals surface area (Å²) in [7, 11) is 2.82. The Morgan fingerprint density at radius 2 is 2.00 bits per heavy atom. The van der Waals surface area contributed by atoms with E-state index in [2.05, 4.69) is 10.4 Å². The van der Waals surface area contributed by atoms with Gasteiger partial charge in [0, 0.05) is 24.2 Å². The summed E-state index contributed by atoms with van der Waals surface area (Å²) in [5.41, 5.74) is 1.97. The van der Waals surface area contributed by atoms with Gasteiger partial charge in [-0.1, -0.05) is 12.1 Å². The summed E-state index contributed by atoms with van der Waals surface area (Å²) in [6.07, 6.45) is 1.37. The zero-order valence-corrected chi connectivity index (χ0v) is 17.1. The van der Waals surface area contributed by atoms with E-state index in [1.54, 1.807) is 44.3 Å². The van der Waals surface area contributed by atoms with Gasteiger partial charge in [0.25, 0.3) is 11.6 Å². The first kappa shape index (κ1) is 21.5. The maximum Gasteiger partial charge on any atom is 0.358 e. The van der Waals surface area contributed by atoms with Crippen LogP contribution in [-0.4, -0.2) is 33.7 Å². The molecule has 1 aromatic heterocycles. The molecule has 0 bridgehead atoms. The lowest BCUT2D eigenvalue weighted by atomic mass is 10.1. The fourth-order valence-corrected chi connectivity index (χ4v) is 2.95. The molecule has 0 saturated carbocycles. The quantitative estimate of drug-likeness (QED) is 0.350. The molecule has 0 aliphatic carbocycles. The average Bonchev–Trinajstić information content (AvgIpc) is 3.11. The van der Waals surface area contributed by atoms with Crippen LogP contribution in [0.25, 0.3) is 0 Å². The van der Waals surface area contributed by atoms with E-state index >= 15 is 0 Å². The number of anilines is 1. The Kier molecular flexibility index (Phi) is 6.29. The van der Waals surface area contributed by atoms with Crippen LogP contribution in [0.3, 0.4) is 0 Å². The second-order valence-corrected chi connectivity index (χ2v) is 6.67. The van der Waals surface area contributed by atoms with E-state index in [-0.39, 0.29) is 23.7 Å². The Balaban J connectivity index is 1.71. The largest absolute Gasteiger partial charge is 0.489 e. The molecule has 10 nitrogen and oxygen atoms in total. The minimum Gasteiger partial charge on any atom is -0.489 e. The molecule has 0 radical (unpaired) electrons. The molecule has 3 rings (SSSR count). The first-order valence-electron chi connectivity index (χ1n) is 9.18. The van der Waals surface area contributed by atoms with Gasteiger partial charge in [0.15, 0.2) is 5.69 Å². The van der Waals surface area contributed by atoms with Crippen LogP contribution < -0.4 is 10.1 Å². The average molecular weight is 424 g/mol. The number of esters is 1. The molecule has 1 heterocycles. The standard InChI is InChI=1S/C21H20N4O6/c1-13-9-16(7-8-18(13)25(28)29)31-12-14-5-4-6-15(10-14)20(26)23-17-11-22-24(2)19(17)21(27)30-3/h4-11H,12H2,1-3H3,(H,23,26). The third kappa shape index (κ3) is 4.86. The number of rotatable bonds is 7. The van der Waals surface area contributed by atoms with Gasteiger partial charge in [-0.2, -0.15) is 5.10 Å². The first-order chi connectivity index (χ1) is 14.8. The number of methoxy groups -OCH3 is 1. The van der Waals surface area contributed by atoms with E-state index in [0.29, 0.717) is 16.9 Å². The maximum atomic E-state index is 12.7. The van der Waals surface area contributed by atoms with Crippen molar-refractivity contribution in [2.24, 2.45) is 7.05 Å². The molecule has 2 aromatic carbocycles. The van der Waals surface area contributed by atoms with Gasteiger partial charge in [0.05, 0.1) is 23.9 Å². The number of ether oxygens (including phenoxy) is 2. The molecule has 10 heteroatoms. The molecule has 0 saturated heterocycles. The van der Waals surface area contributed by atoms with Crippen LogP contribution in [0.4, 0.5) is 11.4 Å². The SMILES string of the molecule is COC(=O)c1c(NC(=O)c2cccc(COc3ccc([N+](=O)[O-])c(C)c3)c2)cnn1C. The number of hydrogen-bond donors (Lipinski definition) is 1. The van der Waals surface area contributed by atoms with E-state index in [0.717, 1.165) is 5.56 Å². The summed E-state index contributed by atoms with van der Waals surface area (Å²) >= 11 is 0. The van der Waals surface area contributed by atoms with Crippen molar-refractivity contribution in [3.8, 4) is 5.75 Å². The van der Waals surface area contributed by atoms with Gasteiger partial charge in [0.1, 0.15) is 12.4 Å². The zero-order chi connectivity index (χ0) is 22.5. The summed E-state index contributed by atoms with van der Waals surface area (Å²) in [6, 6.07) is 11.3. The Morgan fingerprint density at radius 1 is 1.23 bits per heavy atom. The van der Waals surface area contributed by atoms with Crippen LogP contribution in [0.15, 0.2) is 48.7 Å². The second kappa shape index (κ2) is 9.08. The Bertz CT molecular complexity index is 1150. The molecule has 3 aromatic rings. The van der Waals surface area contributed by atoms with Crippen molar-refractivity contribution in [3.05, 3.63) is 81.2 Å². The van der Waals surface area contributed by atoms with Gasteiger partial charge in [-0.3, -0.25) is 19.6 Å². The molecule has 0 fully saturated rings. The molecule has 0 atom stereocenters. The van der Waals surface area contributed by atoms with Crippen molar-refractivity contribution in [1.82, 2.24) is 9.78 Å². The van der Waals surface area contributed by atoms with Crippen LogP contribution in [-0.2, 0) is 18.4 Å². The highest BCUT2D eigenvalue weighted by Crippen LogP contribution is 2.24.